The normalized spacial score (nSPS) is 22.0. The Bertz CT molecular complexity index is 447. The van der Waals surface area contributed by atoms with Crippen molar-refractivity contribution in [2.45, 2.75) is 39.5 Å². The number of quaternary nitrogens is 1. The van der Waals surface area contributed by atoms with Gasteiger partial charge in [-0.2, -0.15) is 0 Å². The summed E-state index contributed by atoms with van der Waals surface area (Å²) in [7, 11) is 0. The van der Waals surface area contributed by atoms with Crippen molar-refractivity contribution in [3.63, 3.8) is 0 Å². The molecule has 2 heteroatoms. The average molecular weight is 288 g/mol. The number of para-hydroxylation sites is 1. The van der Waals surface area contributed by atoms with Crippen LogP contribution in [0.5, 0.6) is 5.75 Å². The van der Waals surface area contributed by atoms with Gasteiger partial charge in [-0.25, -0.2) is 0 Å². The first-order valence-corrected chi connectivity index (χ1v) is 8.36. The van der Waals surface area contributed by atoms with E-state index < -0.39 is 0 Å². The fraction of sp³-hybridized carbons (Fsp3) is 0.579. The van der Waals surface area contributed by atoms with Gasteiger partial charge in [-0.3, -0.25) is 0 Å². The van der Waals surface area contributed by atoms with Crippen molar-refractivity contribution in [3.8, 4) is 5.75 Å². The summed E-state index contributed by atoms with van der Waals surface area (Å²) in [6.45, 7) is 13.1. The van der Waals surface area contributed by atoms with Crippen LogP contribution in [0.25, 0.3) is 0 Å². The molecule has 2 rings (SSSR count). The Kier molecular flexibility index (Phi) is 6.31. The van der Waals surface area contributed by atoms with Gasteiger partial charge in [0.2, 0.25) is 0 Å². The summed E-state index contributed by atoms with van der Waals surface area (Å²) in [6, 6.07) is 6.36. The molecule has 1 saturated heterocycles. The van der Waals surface area contributed by atoms with Crippen molar-refractivity contribution >= 4 is 0 Å². The Hall–Kier alpha value is -1.28. The third kappa shape index (κ3) is 4.89. The predicted molar refractivity (Wildman–Crippen MR) is 89.2 cm³/mol. The summed E-state index contributed by atoms with van der Waals surface area (Å²) in [6.07, 6.45) is 6.74. The molecule has 1 heterocycles. The number of benzene rings is 1. The van der Waals surface area contributed by atoms with Crippen molar-refractivity contribution in [2.24, 2.45) is 5.92 Å². The number of piperidine rings is 1. The molecule has 1 aliphatic rings. The largest absolute Gasteiger partial charge is 0.493 e. The van der Waals surface area contributed by atoms with Gasteiger partial charge in [-0.1, -0.05) is 31.2 Å². The summed E-state index contributed by atoms with van der Waals surface area (Å²) in [5.74, 6) is 2.00. The van der Waals surface area contributed by atoms with Gasteiger partial charge in [0.1, 0.15) is 5.75 Å². The summed E-state index contributed by atoms with van der Waals surface area (Å²) < 4.78 is 6.07. The van der Waals surface area contributed by atoms with Gasteiger partial charge < -0.3 is 9.64 Å². The Morgan fingerprint density at radius 3 is 2.81 bits per heavy atom. The van der Waals surface area contributed by atoms with Crippen LogP contribution in [0.1, 0.15) is 37.3 Å². The first-order chi connectivity index (χ1) is 10.2. The highest BCUT2D eigenvalue weighted by Crippen LogP contribution is 2.24. The first-order valence-electron chi connectivity index (χ1n) is 8.36. The molecule has 2 nitrogen and oxygen atoms in total. The number of likely N-dealkylation sites (tertiary alicyclic amines) is 1. The molecule has 1 N–H and O–H groups in total. The van der Waals surface area contributed by atoms with Crippen LogP contribution >= 0.6 is 0 Å². The Balaban J connectivity index is 1.77. The van der Waals surface area contributed by atoms with Crippen LogP contribution in [0.2, 0.25) is 0 Å². The number of hydrogen-bond donors (Lipinski definition) is 1. The fourth-order valence-electron chi connectivity index (χ4n) is 3.15. The smallest absolute Gasteiger partial charge is 0.125 e. The summed E-state index contributed by atoms with van der Waals surface area (Å²) in [5, 5.41) is 0. The number of nitrogens with one attached hydrogen (secondary N) is 1. The van der Waals surface area contributed by atoms with Crippen molar-refractivity contribution in [1.82, 2.24) is 0 Å². The Labute approximate surface area is 129 Å². The Morgan fingerprint density at radius 2 is 2.10 bits per heavy atom. The van der Waals surface area contributed by atoms with Crippen LogP contribution in [0, 0.1) is 12.8 Å². The van der Waals surface area contributed by atoms with E-state index in [0.717, 1.165) is 31.1 Å². The molecule has 0 radical (unpaired) electrons. The second kappa shape index (κ2) is 8.23. The lowest BCUT2D eigenvalue weighted by Crippen LogP contribution is -3.13. The third-order valence-electron chi connectivity index (χ3n) is 4.56. The van der Waals surface area contributed by atoms with Crippen LogP contribution < -0.4 is 9.64 Å². The molecule has 1 aromatic rings. The molecular weight excluding hydrogens is 258 g/mol. The van der Waals surface area contributed by atoms with E-state index in [1.807, 2.05) is 6.08 Å². The SMILES string of the molecule is C=CCc1cccc(C)c1OCCC[NH+]1CCC(C)CC1. The van der Waals surface area contributed by atoms with Gasteiger partial charge >= 0.3 is 0 Å². The third-order valence-corrected chi connectivity index (χ3v) is 4.56. The molecule has 1 fully saturated rings. The van der Waals surface area contributed by atoms with Gasteiger partial charge in [-0.05, 0) is 43.2 Å². The zero-order valence-corrected chi connectivity index (χ0v) is 13.7. The molecule has 0 atom stereocenters. The molecular formula is C19H30NO+. The number of rotatable bonds is 7. The van der Waals surface area contributed by atoms with Crippen molar-refractivity contribution in [3.05, 3.63) is 42.0 Å². The van der Waals surface area contributed by atoms with Gasteiger partial charge in [0.25, 0.3) is 0 Å². The van der Waals surface area contributed by atoms with Gasteiger partial charge in [-0.15, -0.1) is 6.58 Å². The molecule has 0 spiro atoms. The molecule has 1 aliphatic heterocycles. The minimum Gasteiger partial charge on any atom is -0.493 e. The molecule has 116 valence electrons. The van der Waals surface area contributed by atoms with Gasteiger partial charge in [0.05, 0.1) is 26.2 Å². The van der Waals surface area contributed by atoms with Crippen LogP contribution in [0.3, 0.4) is 0 Å². The van der Waals surface area contributed by atoms with Crippen molar-refractivity contribution < 1.29 is 9.64 Å². The zero-order valence-electron chi connectivity index (χ0n) is 13.7. The predicted octanol–water partition coefficient (Wildman–Crippen LogP) is 2.81. The molecule has 21 heavy (non-hydrogen) atoms. The van der Waals surface area contributed by atoms with Crippen LogP contribution in [0.15, 0.2) is 30.9 Å². The summed E-state index contributed by atoms with van der Waals surface area (Å²) >= 11 is 0. The standard InChI is InChI=1S/C19H29NO/c1-4-7-18-9-5-8-17(3)19(18)21-15-6-12-20-13-10-16(2)11-14-20/h4-5,8-9,16H,1,6-7,10-15H2,2-3H3/p+1. The second-order valence-corrected chi connectivity index (χ2v) is 6.44. The minimum atomic E-state index is 0.827. The lowest BCUT2D eigenvalue weighted by molar-refractivity contribution is -0.906. The quantitative estimate of drug-likeness (QED) is 0.602. The molecule has 0 aromatic heterocycles. The molecule has 0 aliphatic carbocycles. The van der Waals surface area contributed by atoms with E-state index in [0.29, 0.717) is 0 Å². The lowest BCUT2D eigenvalue weighted by atomic mass is 9.99. The molecule has 0 saturated carbocycles. The average Bonchev–Trinajstić information content (AvgIpc) is 2.48. The summed E-state index contributed by atoms with van der Waals surface area (Å²) in [5.41, 5.74) is 2.48. The lowest BCUT2D eigenvalue weighted by Gasteiger charge is -2.27. The number of aryl methyl sites for hydroxylation is 1. The first kappa shape index (κ1) is 16.1. The van der Waals surface area contributed by atoms with Crippen molar-refractivity contribution in [2.75, 3.05) is 26.2 Å². The maximum absolute atomic E-state index is 6.07. The molecule has 0 amide bonds. The Morgan fingerprint density at radius 1 is 1.33 bits per heavy atom. The van der Waals surface area contributed by atoms with E-state index in [9.17, 15) is 0 Å². The van der Waals surface area contributed by atoms with E-state index in [2.05, 4.69) is 38.6 Å². The maximum Gasteiger partial charge on any atom is 0.125 e. The minimum absolute atomic E-state index is 0.827. The fourth-order valence-corrected chi connectivity index (χ4v) is 3.15. The van der Waals surface area contributed by atoms with Crippen LogP contribution in [-0.4, -0.2) is 26.2 Å². The van der Waals surface area contributed by atoms with Crippen LogP contribution in [-0.2, 0) is 6.42 Å². The molecule has 0 unspecified atom stereocenters. The highest BCUT2D eigenvalue weighted by molar-refractivity contribution is 5.41. The maximum atomic E-state index is 6.07. The molecule has 0 bridgehead atoms. The van der Waals surface area contributed by atoms with E-state index >= 15 is 0 Å². The van der Waals surface area contributed by atoms with Crippen molar-refractivity contribution in [1.29, 1.82) is 0 Å². The topological polar surface area (TPSA) is 13.7 Å². The zero-order chi connectivity index (χ0) is 15.1. The number of allylic oxidation sites excluding steroid dienone is 1. The van der Waals surface area contributed by atoms with E-state index in [-0.39, 0.29) is 0 Å². The van der Waals surface area contributed by atoms with Gasteiger partial charge in [0, 0.05) is 6.42 Å². The van der Waals surface area contributed by atoms with E-state index in [1.54, 1.807) is 4.90 Å². The van der Waals surface area contributed by atoms with E-state index in [4.69, 9.17) is 4.74 Å². The number of hydrogen-bond acceptors (Lipinski definition) is 1. The van der Waals surface area contributed by atoms with Crippen LogP contribution in [0.4, 0.5) is 0 Å². The highest BCUT2D eigenvalue weighted by Gasteiger charge is 2.18. The number of ether oxygens (including phenoxy) is 1. The van der Waals surface area contributed by atoms with Gasteiger partial charge in [0.15, 0.2) is 0 Å². The second-order valence-electron chi connectivity index (χ2n) is 6.44. The molecule has 1 aromatic carbocycles. The highest BCUT2D eigenvalue weighted by atomic mass is 16.5. The monoisotopic (exact) mass is 288 g/mol. The van der Waals surface area contributed by atoms with E-state index in [1.165, 1.54) is 43.6 Å². The summed E-state index contributed by atoms with van der Waals surface area (Å²) in [4.78, 5) is 1.76.